The maximum Gasteiger partial charge on any atom is 0.150 e. The first-order chi connectivity index (χ1) is 9.70. The van der Waals surface area contributed by atoms with E-state index in [1.165, 1.54) is 18.5 Å². The van der Waals surface area contributed by atoms with E-state index in [4.69, 9.17) is 0 Å². The summed E-state index contributed by atoms with van der Waals surface area (Å²) < 4.78 is 30.1. The van der Waals surface area contributed by atoms with Gasteiger partial charge >= 0.3 is 0 Å². The van der Waals surface area contributed by atoms with Crippen molar-refractivity contribution in [2.75, 3.05) is 7.05 Å². The van der Waals surface area contributed by atoms with Gasteiger partial charge in [-0.2, -0.15) is 0 Å². The lowest BCUT2D eigenvalue weighted by atomic mass is 10.0. The number of imidazole rings is 1. The van der Waals surface area contributed by atoms with Gasteiger partial charge in [-0.3, -0.25) is 4.57 Å². The van der Waals surface area contributed by atoms with Crippen LogP contribution < -0.4 is 5.32 Å². The molecule has 1 aliphatic carbocycles. The number of nitrogens with one attached hydrogen (secondary N) is 1. The highest BCUT2D eigenvalue weighted by Gasteiger charge is 2.20. The van der Waals surface area contributed by atoms with Gasteiger partial charge in [0.05, 0.1) is 12.0 Å². The zero-order chi connectivity index (χ0) is 14.1. The van der Waals surface area contributed by atoms with E-state index in [9.17, 15) is 8.78 Å². The van der Waals surface area contributed by atoms with Crippen LogP contribution in [0.1, 0.15) is 29.8 Å². The Bertz CT molecular complexity index is 611. The number of benzene rings is 1. The van der Waals surface area contributed by atoms with Crippen molar-refractivity contribution in [2.45, 2.75) is 32.2 Å². The summed E-state index contributed by atoms with van der Waals surface area (Å²) in [5.74, 6) is -1.08. The second kappa shape index (κ2) is 5.32. The Labute approximate surface area is 116 Å². The fraction of sp³-hybridized carbons (Fsp3) is 0.400. The summed E-state index contributed by atoms with van der Waals surface area (Å²) in [7, 11) is 1.75. The van der Waals surface area contributed by atoms with Gasteiger partial charge in [-0.25, -0.2) is 13.8 Å². The predicted molar refractivity (Wildman–Crippen MR) is 72.9 cm³/mol. The molecular formula is C15H17F2N3. The summed E-state index contributed by atoms with van der Waals surface area (Å²) in [6.45, 7) is 0.441. The van der Waals surface area contributed by atoms with Crippen LogP contribution in [0.25, 0.3) is 5.69 Å². The molecule has 1 N–H and O–H groups in total. The normalized spacial score (nSPS) is 14.3. The number of halogens is 2. The molecule has 0 saturated heterocycles. The zero-order valence-corrected chi connectivity index (χ0v) is 11.4. The second-order valence-electron chi connectivity index (χ2n) is 5.15. The van der Waals surface area contributed by atoms with Crippen molar-refractivity contribution >= 4 is 0 Å². The molecule has 0 atom stereocenters. The molecular weight excluding hydrogens is 260 g/mol. The molecule has 0 radical (unpaired) electrons. The number of hydrogen-bond acceptors (Lipinski definition) is 2. The molecule has 106 valence electrons. The van der Waals surface area contributed by atoms with Gasteiger partial charge in [0.1, 0.15) is 5.69 Å². The topological polar surface area (TPSA) is 29.9 Å². The first-order valence-corrected chi connectivity index (χ1v) is 6.88. The van der Waals surface area contributed by atoms with Crippen LogP contribution in [0.3, 0.4) is 0 Å². The van der Waals surface area contributed by atoms with Crippen LogP contribution in [0.15, 0.2) is 18.5 Å². The van der Waals surface area contributed by atoms with Crippen molar-refractivity contribution in [3.63, 3.8) is 0 Å². The van der Waals surface area contributed by atoms with Crippen LogP contribution in [0.4, 0.5) is 8.78 Å². The molecule has 0 aliphatic heterocycles. The van der Waals surface area contributed by atoms with Crippen molar-refractivity contribution in [3.05, 3.63) is 47.0 Å². The Balaban J connectivity index is 2.08. The Morgan fingerprint density at radius 1 is 1.20 bits per heavy atom. The second-order valence-corrected chi connectivity index (χ2v) is 5.15. The molecule has 0 unspecified atom stereocenters. The van der Waals surface area contributed by atoms with Crippen molar-refractivity contribution < 1.29 is 8.78 Å². The number of fused-ring (bicyclic) bond motifs is 1. The molecule has 0 amide bonds. The first-order valence-electron chi connectivity index (χ1n) is 6.88. The molecule has 1 aliphatic rings. The quantitative estimate of drug-likeness (QED) is 0.935. The molecule has 3 rings (SSSR count). The standard InChI is InChI=1S/C15H17F2N3/c1-18-8-10-6-11(16)15(12(17)7-10)20-9-19-13-4-2-3-5-14(13)20/h6-7,9,18H,2-5,8H2,1H3. The van der Waals surface area contributed by atoms with E-state index in [2.05, 4.69) is 10.3 Å². The molecule has 0 saturated carbocycles. The van der Waals surface area contributed by atoms with E-state index < -0.39 is 11.6 Å². The molecule has 3 nitrogen and oxygen atoms in total. The lowest BCUT2D eigenvalue weighted by Gasteiger charge is -2.15. The molecule has 0 spiro atoms. The summed E-state index contributed by atoms with van der Waals surface area (Å²) in [4.78, 5) is 4.29. The fourth-order valence-corrected chi connectivity index (χ4v) is 2.82. The van der Waals surface area contributed by atoms with E-state index in [1.54, 1.807) is 11.6 Å². The number of aromatic nitrogens is 2. The zero-order valence-electron chi connectivity index (χ0n) is 11.4. The third-order valence-electron chi connectivity index (χ3n) is 3.73. The number of aryl methyl sites for hydroxylation is 1. The minimum absolute atomic E-state index is 0.0134. The summed E-state index contributed by atoms with van der Waals surface area (Å²) in [6.07, 6.45) is 5.39. The van der Waals surface area contributed by atoms with Gasteiger partial charge in [0, 0.05) is 12.2 Å². The van der Waals surface area contributed by atoms with Crippen LogP contribution in [-0.2, 0) is 19.4 Å². The minimum atomic E-state index is -0.541. The van der Waals surface area contributed by atoms with Gasteiger partial charge < -0.3 is 5.32 Å². The van der Waals surface area contributed by atoms with Gasteiger partial charge in [-0.15, -0.1) is 0 Å². The Morgan fingerprint density at radius 2 is 1.90 bits per heavy atom. The molecule has 2 aromatic rings. The van der Waals surface area contributed by atoms with Gasteiger partial charge in [0.25, 0.3) is 0 Å². The van der Waals surface area contributed by atoms with Crippen LogP contribution in [0.2, 0.25) is 0 Å². The van der Waals surface area contributed by atoms with E-state index in [0.717, 1.165) is 37.1 Å². The Kier molecular flexibility index (Phi) is 3.53. The van der Waals surface area contributed by atoms with Crippen molar-refractivity contribution in [1.29, 1.82) is 0 Å². The summed E-state index contributed by atoms with van der Waals surface area (Å²) in [5, 5.41) is 2.89. The SMILES string of the molecule is CNCc1cc(F)c(-n2cnc3c2CCCC3)c(F)c1. The molecule has 1 aromatic heterocycles. The minimum Gasteiger partial charge on any atom is -0.316 e. The highest BCUT2D eigenvalue weighted by Crippen LogP contribution is 2.26. The first kappa shape index (κ1) is 13.2. The summed E-state index contributed by atoms with van der Waals surface area (Å²) >= 11 is 0. The van der Waals surface area contributed by atoms with E-state index in [-0.39, 0.29) is 5.69 Å². The van der Waals surface area contributed by atoms with Crippen LogP contribution >= 0.6 is 0 Å². The maximum atomic E-state index is 14.3. The van der Waals surface area contributed by atoms with Crippen molar-refractivity contribution in [2.24, 2.45) is 0 Å². The monoisotopic (exact) mass is 277 g/mol. The van der Waals surface area contributed by atoms with Crippen molar-refractivity contribution in [1.82, 2.24) is 14.9 Å². The predicted octanol–water partition coefficient (Wildman–Crippen LogP) is 2.75. The van der Waals surface area contributed by atoms with E-state index >= 15 is 0 Å². The molecule has 1 aromatic carbocycles. The Morgan fingerprint density at radius 3 is 2.60 bits per heavy atom. The number of nitrogens with zero attached hydrogens (tertiary/aromatic N) is 2. The Hall–Kier alpha value is -1.75. The number of hydrogen-bond donors (Lipinski definition) is 1. The largest absolute Gasteiger partial charge is 0.316 e. The summed E-state index contributed by atoms with van der Waals surface area (Å²) in [5.41, 5.74) is 2.49. The highest BCUT2D eigenvalue weighted by atomic mass is 19.1. The van der Waals surface area contributed by atoms with Crippen LogP contribution in [0.5, 0.6) is 0 Å². The van der Waals surface area contributed by atoms with Crippen molar-refractivity contribution in [3.8, 4) is 5.69 Å². The number of rotatable bonds is 3. The van der Waals surface area contributed by atoms with Gasteiger partial charge in [-0.05, 0) is 50.4 Å². The molecule has 0 bridgehead atoms. The highest BCUT2D eigenvalue weighted by molar-refractivity contribution is 5.41. The third kappa shape index (κ3) is 2.22. The van der Waals surface area contributed by atoms with Crippen LogP contribution in [0, 0.1) is 11.6 Å². The van der Waals surface area contributed by atoms with Gasteiger partial charge in [0.15, 0.2) is 11.6 Å². The van der Waals surface area contributed by atoms with Crippen LogP contribution in [-0.4, -0.2) is 16.6 Å². The lowest BCUT2D eigenvalue weighted by molar-refractivity contribution is 0.557. The van der Waals surface area contributed by atoms with Gasteiger partial charge in [-0.1, -0.05) is 0 Å². The summed E-state index contributed by atoms with van der Waals surface area (Å²) in [6, 6.07) is 2.76. The van der Waals surface area contributed by atoms with E-state index in [0.29, 0.717) is 12.1 Å². The molecule has 20 heavy (non-hydrogen) atoms. The molecule has 5 heteroatoms. The molecule has 0 fully saturated rings. The lowest BCUT2D eigenvalue weighted by Crippen LogP contribution is -2.11. The van der Waals surface area contributed by atoms with E-state index in [1.807, 2.05) is 0 Å². The average molecular weight is 277 g/mol. The molecule has 1 heterocycles. The van der Waals surface area contributed by atoms with Gasteiger partial charge in [0.2, 0.25) is 0 Å². The average Bonchev–Trinajstić information content (AvgIpc) is 2.83. The fourth-order valence-electron chi connectivity index (χ4n) is 2.82. The maximum absolute atomic E-state index is 14.3. The third-order valence-corrected chi connectivity index (χ3v) is 3.73. The smallest absolute Gasteiger partial charge is 0.150 e.